The van der Waals surface area contributed by atoms with Gasteiger partial charge in [0.05, 0.1) is 0 Å². The number of hydrogen-bond acceptors (Lipinski definition) is 5. The Morgan fingerprint density at radius 1 is 1.12 bits per heavy atom. The molecule has 1 aromatic heterocycles. The molecule has 0 atom stereocenters. The molecule has 174 valence electrons. The van der Waals surface area contributed by atoms with Gasteiger partial charge >= 0.3 is 0 Å². The van der Waals surface area contributed by atoms with E-state index < -0.39 is 0 Å². The number of nitrogens with zero attached hydrogens (tertiary/aromatic N) is 3. The Morgan fingerprint density at radius 2 is 1.85 bits per heavy atom. The normalized spacial score (nSPS) is 12.3. The van der Waals surface area contributed by atoms with Gasteiger partial charge in [0.2, 0.25) is 5.95 Å². The molecule has 0 fully saturated rings. The first-order valence-electron chi connectivity index (χ1n) is 11.7. The van der Waals surface area contributed by atoms with Crippen molar-refractivity contribution in [3.8, 4) is 0 Å². The third-order valence-electron chi connectivity index (χ3n) is 6.29. The summed E-state index contributed by atoms with van der Waals surface area (Å²) in [5.41, 5.74) is 9.92. The maximum atomic E-state index is 4.70. The second-order valence-corrected chi connectivity index (χ2v) is 8.78. The zero-order valence-electron chi connectivity index (χ0n) is 20.9. The summed E-state index contributed by atoms with van der Waals surface area (Å²) in [7, 11) is 2.03. The predicted octanol–water partition coefficient (Wildman–Crippen LogP) is 5.97. The van der Waals surface area contributed by atoms with Crippen molar-refractivity contribution in [2.75, 3.05) is 30.4 Å². The maximum absolute atomic E-state index is 4.70. The number of aromatic nitrogens is 2. The monoisotopic (exact) mass is 443 g/mol. The molecule has 0 radical (unpaired) electrons. The molecule has 33 heavy (non-hydrogen) atoms. The fraction of sp³-hybridized carbons (Fsp3) is 0.357. The van der Waals surface area contributed by atoms with E-state index in [1.54, 1.807) is 0 Å². The second kappa shape index (κ2) is 11.1. The average Bonchev–Trinajstić information content (AvgIpc) is 2.82. The van der Waals surface area contributed by atoms with Crippen molar-refractivity contribution in [3.63, 3.8) is 0 Å². The lowest BCUT2D eigenvalue weighted by molar-refractivity contribution is 0.644. The van der Waals surface area contributed by atoms with Gasteiger partial charge in [-0.3, -0.25) is 0 Å². The van der Waals surface area contributed by atoms with Crippen molar-refractivity contribution in [2.24, 2.45) is 0 Å². The molecule has 2 heterocycles. The van der Waals surface area contributed by atoms with E-state index in [-0.39, 0.29) is 0 Å². The highest BCUT2D eigenvalue weighted by Crippen LogP contribution is 2.26. The first-order valence-corrected chi connectivity index (χ1v) is 11.7. The minimum Gasteiger partial charge on any atom is -0.359 e. The van der Waals surface area contributed by atoms with Crippen LogP contribution < -0.4 is 15.5 Å². The number of hydrogen-bond donors (Lipinski definition) is 2. The molecule has 2 N–H and O–H groups in total. The summed E-state index contributed by atoms with van der Waals surface area (Å²) in [6.45, 7) is 17.4. The van der Waals surface area contributed by atoms with E-state index in [1.807, 2.05) is 20.2 Å². The fourth-order valence-electron chi connectivity index (χ4n) is 3.76. The average molecular weight is 444 g/mol. The SMILES string of the molecule is C=C(C)c1cnc(Nc2ccc3c(c2)CNCC3)nc1N(C)CC.Cc1cccc(C)c1C. The molecule has 0 saturated heterocycles. The smallest absolute Gasteiger partial charge is 0.229 e. The Balaban J connectivity index is 0.000000286. The molecule has 0 saturated carbocycles. The summed E-state index contributed by atoms with van der Waals surface area (Å²) < 4.78 is 0. The molecular weight excluding hydrogens is 406 g/mol. The molecule has 0 bridgehead atoms. The third-order valence-corrected chi connectivity index (χ3v) is 6.29. The molecule has 1 aliphatic heterocycles. The van der Waals surface area contributed by atoms with Crippen molar-refractivity contribution in [3.05, 3.63) is 82.6 Å². The molecule has 5 heteroatoms. The minimum absolute atomic E-state index is 0.610. The maximum Gasteiger partial charge on any atom is 0.229 e. The second-order valence-electron chi connectivity index (χ2n) is 8.78. The molecule has 1 aliphatic rings. The Kier molecular flexibility index (Phi) is 8.23. The van der Waals surface area contributed by atoms with E-state index >= 15 is 0 Å². The highest BCUT2D eigenvalue weighted by Gasteiger charge is 2.13. The van der Waals surface area contributed by atoms with Crippen molar-refractivity contribution < 1.29 is 0 Å². The van der Waals surface area contributed by atoms with Gasteiger partial charge < -0.3 is 15.5 Å². The first-order chi connectivity index (χ1) is 15.8. The number of benzene rings is 2. The van der Waals surface area contributed by atoms with Gasteiger partial charge in [0.25, 0.3) is 0 Å². The Morgan fingerprint density at radius 3 is 2.48 bits per heavy atom. The van der Waals surface area contributed by atoms with Crippen LogP contribution in [0.1, 0.15) is 47.2 Å². The molecule has 0 unspecified atom stereocenters. The lowest BCUT2D eigenvalue weighted by Gasteiger charge is -2.21. The van der Waals surface area contributed by atoms with Crippen LogP contribution in [0.2, 0.25) is 0 Å². The molecule has 3 aromatic rings. The van der Waals surface area contributed by atoms with E-state index in [9.17, 15) is 0 Å². The summed E-state index contributed by atoms with van der Waals surface area (Å²) in [5, 5.41) is 6.74. The number of aryl methyl sites for hydroxylation is 2. The van der Waals surface area contributed by atoms with E-state index in [0.29, 0.717) is 5.95 Å². The van der Waals surface area contributed by atoms with Gasteiger partial charge in [-0.2, -0.15) is 4.98 Å². The van der Waals surface area contributed by atoms with E-state index in [1.165, 1.54) is 27.8 Å². The number of fused-ring (bicyclic) bond motifs is 1. The lowest BCUT2D eigenvalue weighted by atomic mass is 10.0. The molecule has 0 amide bonds. The number of nitrogens with one attached hydrogen (secondary N) is 2. The van der Waals surface area contributed by atoms with Crippen molar-refractivity contribution in [1.82, 2.24) is 15.3 Å². The predicted molar refractivity (Wildman–Crippen MR) is 141 cm³/mol. The van der Waals surface area contributed by atoms with E-state index in [4.69, 9.17) is 4.98 Å². The number of anilines is 3. The van der Waals surface area contributed by atoms with Gasteiger partial charge in [-0.15, -0.1) is 0 Å². The van der Waals surface area contributed by atoms with Gasteiger partial charge in [-0.25, -0.2) is 4.98 Å². The van der Waals surface area contributed by atoms with Gasteiger partial charge in [-0.1, -0.05) is 30.8 Å². The highest BCUT2D eigenvalue weighted by atomic mass is 15.2. The molecule has 0 spiro atoms. The molecular formula is C28H37N5. The quantitative estimate of drug-likeness (QED) is 0.509. The fourth-order valence-corrected chi connectivity index (χ4v) is 3.76. The van der Waals surface area contributed by atoms with Crippen molar-refractivity contribution >= 4 is 23.0 Å². The van der Waals surface area contributed by atoms with Crippen LogP contribution in [0.4, 0.5) is 17.5 Å². The van der Waals surface area contributed by atoms with E-state index in [2.05, 4.69) is 91.2 Å². The van der Waals surface area contributed by atoms with Crippen molar-refractivity contribution in [2.45, 2.75) is 47.6 Å². The molecule has 0 aliphatic carbocycles. The number of allylic oxidation sites excluding steroid dienone is 1. The van der Waals surface area contributed by atoms with Crippen LogP contribution in [0.25, 0.3) is 5.57 Å². The Hall–Kier alpha value is -3.18. The molecule has 5 nitrogen and oxygen atoms in total. The largest absolute Gasteiger partial charge is 0.359 e. The van der Waals surface area contributed by atoms with Gasteiger partial charge in [0.15, 0.2) is 0 Å². The summed E-state index contributed by atoms with van der Waals surface area (Å²) in [6, 6.07) is 12.9. The van der Waals surface area contributed by atoms with Crippen LogP contribution in [0.3, 0.4) is 0 Å². The van der Waals surface area contributed by atoms with Gasteiger partial charge in [-0.05, 0) is 93.1 Å². The van der Waals surface area contributed by atoms with Crippen LogP contribution in [-0.4, -0.2) is 30.1 Å². The Labute approximate surface area is 199 Å². The lowest BCUT2D eigenvalue weighted by Crippen LogP contribution is -2.23. The summed E-state index contributed by atoms with van der Waals surface area (Å²) in [4.78, 5) is 11.3. The highest BCUT2D eigenvalue weighted by molar-refractivity contribution is 5.72. The van der Waals surface area contributed by atoms with Crippen LogP contribution >= 0.6 is 0 Å². The van der Waals surface area contributed by atoms with E-state index in [0.717, 1.165) is 48.7 Å². The standard InChI is InChI=1S/C19H25N5.C9H12/c1-5-24(4)18-17(13(2)3)12-21-19(23-18)22-16-7-6-14-8-9-20-11-15(14)10-16;1-7-5-4-6-8(2)9(7)3/h6-7,10,12,20H,2,5,8-9,11H2,1,3-4H3,(H,21,22,23);4-6H,1-3H3. The Bertz CT molecular complexity index is 1100. The van der Waals surface area contributed by atoms with Crippen LogP contribution in [-0.2, 0) is 13.0 Å². The van der Waals surface area contributed by atoms with Gasteiger partial charge in [0, 0.05) is 37.6 Å². The summed E-state index contributed by atoms with van der Waals surface area (Å²) >= 11 is 0. The molecule has 4 rings (SSSR count). The summed E-state index contributed by atoms with van der Waals surface area (Å²) in [6.07, 6.45) is 2.93. The third kappa shape index (κ3) is 6.20. The van der Waals surface area contributed by atoms with Crippen LogP contribution in [0.15, 0.2) is 49.2 Å². The zero-order valence-corrected chi connectivity index (χ0v) is 20.9. The molecule has 2 aromatic carbocycles. The van der Waals surface area contributed by atoms with Gasteiger partial charge in [0.1, 0.15) is 5.82 Å². The first kappa shape index (κ1) is 24.5. The number of rotatable bonds is 5. The van der Waals surface area contributed by atoms with Crippen molar-refractivity contribution in [1.29, 1.82) is 0 Å². The van der Waals surface area contributed by atoms with Crippen LogP contribution in [0, 0.1) is 20.8 Å². The summed E-state index contributed by atoms with van der Waals surface area (Å²) in [5.74, 6) is 1.51. The topological polar surface area (TPSA) is 53.1 Å². The zero-order chi connectivity index (χ0) is 24.0. The minimum atomic E-state index is 0.610. The van der Waals surface area contributed by atoms with Crippen LogP contribution in [0.5, 0.6) is 0 Å².